The minimum absolute atomic E-state index is 0.0163. The van der Waals surface area contributed by atoms with Gasteiger partial charge in [0.05, 0.1) is 6.10 Å². The van der Waals surface area contributed by atoms with Gasteiger partial charge in [0.25, 0.3) is 0 Å². The van der Waals surface area contributed by atoms with Crippen molar-refractivity contribution in [3.8, 4) is 0 Å². The number of amides is 3. The number of aliphatic hydroxyl groups is 1. The molecule has 27 heavy (non-hydrogen) atoms. The number of urea groups is 1. The Kier molecular flexibility index (Phi) is 5.88. The lowest BCUT2D eigenvalue weighted by Crippen LogP contribution is -2.53. The Labute approximate surface area is 161 Å². The second kappa shape index (κ2) is 8.00. The number of hydrogen-bond donors (Lipinski definition) is 1. The molecule has 3 rings (SSSR count). The van der Waals surface area contributed by atoms with Gasteiger partial charge in [-0.15, -0.1) is 0 Å². The third-order valence-electron chi connectivity index (χ3n) is 4.92. The lowest BCUT2D eigenvalue weighted by molar-refractivity contribution is -0.133. The highest BCUT2D eigenvalue weighted by molar-refractivity contribution is 6.76. The summed E-state index contributed by atoms with van der Waals surface area (Å²) in [4.78, 5) is 29.8. The van der Waals surface area contributed by atoms with E-state index in [1.54, 1.807) is 4.90 Å². The van der Waals surface area contributed by atoms with Gasteiger partial charge in [-0.1, -0.05) is 19.6 Å². The van der Waals surface area contributed by atoms with E-state index < -0.39 is 8.07 Å². The fourth-order valence-electron chi connectivity index (χ4n) is 3.10. The first-order chi connectivity index (χ1) is 12.7. The van der Waals surface area contributed by atoms with Crippen molar-refractivity contribution >= 4 is 31.4 Å². The first-order valence-electron chi connectivity index (χ1n) is 9.47. The van der Waals surface area contributed by atoms with Gasteiger partial charge in [-0.05, 0) is 30.3 Å². The Morgan fingerprint density at radius 3 is 2.33 bits per heavy atom. The van der Waals surface area contributed by atoms with Crippen molar-refractivity contribution < 1.29 is 19.4 Å². The van der Waals surface area contributed by atoms with Crippen LogP contribution < -0.4 is 9.80 Å². The lowest BCUT2D eigenvalue weighted by atomic mass is 10.1. The van der Waals surface area contributed by atoms with Crippen LogP contribution in [0.5, 0.6) is 0 Å². The zero-order valence-corrected chi connectivity index (χ0v) is 17.4. The number of imide groups is 1. The van der Waals surface area contributed by atoms with Crippen molar-refractivity contribution in [2.24, 2.45) is 0 Å². The molecule has 0 aliphatic carbocycles. The third kappa shape index (κ3) is 4.88. The van der Waals surface area contributed by atoms with Gasteiger partial charge < -0.3 is 14.7 Å². The van der Waals surface area contributed by atoms with Crippen LogP contribution in [0.15, 0.2) is 24.3 Å². The topological polar surface area (TPSA) is 73.3 Å². The van der Waals surface area contributed by atoms with Gasteiger partial charge in [0.1, 0.15) is 6.73 Å². The normalized spacial score (nSPS) is 18.9. The number of rotatable bonds is 7. The Bertz CT molecular complexity index is 683. The van der Waals surface area contributed by atoms with Crippen molar-refractivity contribution in [2.45, 2.75) is 38.2 Å². The Morgan fingerprint density at radius 2 is 1.74 bits per heavy atom. The molecule has 8 heteroatoms. The summed E-state index contributed by atoms with van der Waals surface area (Å²) in [5, 5.41) is 9.42. The number of aliphatic hydroxyl groups excluding tert-OH is 1. The van der Waals surface area contributed by atoms with Crippen LogP contribution >= 0.6 is 0 Å². The molecule has 2 aliphatic heterocycles. The Balaban J connectivity index is 1.59. The standard InChI is InChI=1S/C19H29N3O4Si/c1-27(2,3)11-10-26-14-22-18(24)8-9-21(19(22)25)16-6-4-15(5-7-16)20-12-17(23)13-20/h4-7,17,23H,8-14H2,1-3H3. The molecule has 2 aliphatic rings. The molecule has 0 radical (unpaired) electrons. The van der Waals surface area contributed by atoms with Gasteiger partial charge in [-0.25, -0.2) is 9.69 Å². The summed E-state index contributed by atoms with van der Waals surface area (Å²) in [6, 6.07) is 8.33. The molecule has 0 saturated carbocycles. The fourth-order valence-corrected chi connectivity index (χ4v) is 3.86. The number of carbonyl (C=O) groups excluding carboxylic acids is 2. The molecule has 1 N–H and O–H groups in total. The van der Waals surface area contributed by atoms with Crippen LogP contribution in [0.4, 0.5) is 16.2 Å². The van der Waals surface area contributed by atoms with E-state index in [4.69, 9.17) is 4.74 Å². The number of ether oxygens (including phenoxy) is 1. The molecular weight excluding hydrogens is 362 g/mol. The molecule has 0 atom stereocenters. The zero-order valence-electron chi connectivity index (χ0n) is 16.4. The van der Waals surface area contributed by atoms with Crippen LogP contribution in [0.2, 0.25) is 25.7 Å². The first kappa shape index (κ1) is 19.8. The largest absolute Gasteiger partial charge is 0.389 e. The molecule has 148 valence electrons. The highest BCUT2D eigenvalue weighted by Gasteiger charge is 2.33. The highest BCUT2D eigenvalue weighted by Crippen LogP contribution is 2.26. The molecule has 0 bridgehead atoms. The SMILES string of the molecule is C[Si](C)(C)CCOCN1C(=O)CCN(c2ccc(N3CC(O)C3)cc2)C1=O. The smallest absolute Gasteiger partial charge is 0.333 e. The Morgan fingerprint density at radius 1 is 1.11 bits per heavy atom. The molecule has 1 aromatic rings. The van der Waals surface area contributed by atoms with Crippen LogP contribution in [0.3, 0.4) is 0 Å². The number of carbonyl (C=O) groups is 2. The Hall–Kier alpha value is -1.90. The number of anilines is 2. The fraction of sp³-hybridized carbons (Fsp3) is 0.579. The molecule has 2 heterocycles. The third-order valence-corrected chi connectivity index (χ3v) is 6.62. The van der Waals surface area contributed by atoms with Crippen LogP contribution in [0, 0.1) is 0 Å². The molecule has 0 unspecified atom stereocenters. The maximum Gasteiger partial charge on any atom is 0.333 e. The second-order valence-corrected chi connectivity index (χ2v) is 14.1. The van der Waals surface area contributed by atoms with Gasteiger partial charge in [0.2, 0.25) is 5.91 Å². The van der Waals surface area contributed by atoms with Crippen LogP contribution in [-0.2, 0) is 9.53 Å². The molecular formula is C19H29N3O4Si. The van der Waals surface area contributed by atoms with Gasteiger partial charge >= 0.3 is 6.03 Å². The quantitative estimate of drug-likeness (QED) is 0.570. The highest BCUT2D eigenvalue weighted by atomic mass is 28.3. The van der Waals surface area contributed by atoms with E-state index in [2.05, 4.69) is 24.5 Å². The van der Waals surface area contributed by atoms with Crippen molar-refractivity contribution in [1.29, 1.82) is 0 Å². The molecule has 1 aromatic carbocycles. The van der Waals surface area contributed by atoms with Crippen molar-refractivity contribution in [2.75, 3.05) is 42.8 Å². The summed E-state index contributed by atoms with van der Waals surface area (Å²) in [5.74, 6) is -0.185. The monoisotopic (exact) mass is 391 g/mol. The molecule has 2 saturated heterocycles. The number of β-amino-alcohol motifs (C(OH)–C–C–N with tert-alkyl or cyclic N) is 1. The van der Waals surface area contributed by atoms with Crippen LogP contribution in [0.1, 0.15) is 6.42 Å². The zero-order chi connectivity index (χ0) is 19.6. The summed E-state index contributed by atoms with van der Waals surface area (Å²) in [7, 11) is -1.21. The van der Waals surface area contributed by atoms with Crippen molar-refractivity contribution in [3.05, 3.63) is 24.3 Å². The molecule has 7 nitrogen and oxygen atoms in total. The van der Waals surface area contributed by atoms with Crippen molar-refractivity contribution in [3.63, 3.8) is 0 Å². The minimum Gasteiger partial charge on any atom is -0.389 e. The predicted octanol–water partition coefficient (Wildman–Crippen LogP) is 2.34. The van der Waals surface area contributed by atoms with E-state index in [1.807, 2.05) is 24.3 Å². The van der Waals surface area contributed by atoms with E-state index in [9.17, 15) is 14.7 Å². The van der Waals surface area contributed by atoms with Gasteiger partial charge in [-0.2, -0.15) is 0 Å². The number of benzene rings is 1. The van der Waals surface area contributed by atoms with Gasteiger partial charge in [0.15, 0.2) is 0 Å². The van der Waals surface area contributed by atoms with E-state index >= 15 is 0 Å². The first-order valence-corrected chi connectivity index (χ1v) is 13.2. The molecule has 0 spiro atoms. The van der Waals surface area contributed by atoms with Crippen LogP contribution in [0.25, 0.3) is 0 Å². The molecule has 2 fully saturated rings. The maximum atomic E-state index is 12.8. The van der Waals surface area contributed by atoms with E-state index in [-0.39, 0.29) is 24.8 Å². The summed E-state index contributed by atoms with van der Waals surface area (Å²) in [6.45, 7) is 9.04. The second-order valence-electron chi connectivity index (χ2n) is 8.43. The van der Waals surface area contributed by atoms with Gasteiger partial charge in [0, 0.05) is 52.1 Å². The van der Waals surface area contributed by atoms with Crippen molar-refractivity contribution in [1.82, 2.24) is 4.90 Å². The average molecular weight is 392 g/mol. The lowest BCUT2D eigenvalue weighted by Gasteiger charge is -2.38. The number of hydrogen-bond acceptors (Lipinski definition) is 5. The minimum atomic E-state index is -1.21. The number of nitrogens with zero attached hydrogens (tertiary/aromatic N) is 3. The van der Waals surface area contributed by atoms with Gasteiger partial charge in [-0.3, -0.25) is 9.69 Å². The average Bonchev–Trinajstić information content (AvgIpc) is 2.58. The summed E-state index contributed by atoms with van der Waals surface area (Å²) >= 11 is 0. The predicted molar refractivity (Wildman–Crippen MR) is 108 cm³/mol. The van der Waals surface area contributed by atoms with Crippen LogP contribution in [-0.4, -0.2) is 69.1 Å². The molecule has 3 amide bonds. The summed E-state index contributed by atoms with van der Waals surface area (Å²) in [5.41, 5.74) is 1.79. The van der Waals surface area contributed by atoms with E-state index in [0.29, 0.717) is 32.7 Å². The molecule has 0 aromatic heterocycles. The van der Waals surface area contributed by atoms with E-state index in [0.717, 1.165) is 17.4 Å². The van der Waals surface area contributed by atoms with E-state index in [1.165, 1.54) is 4.90 Å². The maximum absolute atomic E-state index is 12.8. The summed E-state index contributed by atoms with van der Waals surface area (Å²) in [6.07, 6.45) is 0.0392. The summed E-state index contributed by atoms with van der Waals surface area (Å²) < 4.78 is 5.62.